The van der Waals surface area contributed by atoms with Crippen LogP contribution in [0.5, 0.6) is 0 Å². The number of carbonyl (C=O) groups is 3. The maximum atomic E-state index is 12.5. The second kappa shape index (κ2) is 35.6. The van der Waals surface area contributed by atoms with E-state index in [-0.39, 0.29) is 37.7 Å². The number of rotatable bonds is 36. The molecule has 9 heteroatoms. The van der Waals surface area contributed by atoms with Crippen molar-refractivity contribution in [1.29, 1.82) is 0 Å². The zero-order chi connectivity index (χ0) is 36.1. The molecule has 0 bridgehead atoms. The van der Waals surface area contributed by atoms with Gasteiger partial charge in [0.1, 0.15) is 20.0 Å². The third-order valence-electron chi connectivity index (χ3n) is 8.50. The highest BCUT2D eigenvalue weighted by atomic mass is 16.6. The Balaban J connectivity index is 4.25. The molecule has 0 aromatic carbocycles. The van der Waals surface area contributed by atoms with Gasteiger partial charge < -0.3 is 24.1 Å². The fourth-order valence-electron chi connectivity index (χ4n) is 5.51. The highest BCUT2D eigenvalue weighted by Crippen LogP contribution is 2.24. The van der Waals surface area contributed by atoms with Crippen LogP contribution < -0.4 is 5.73 Å². The molecule has 0 saturated heterocycles. The summed E-state index contributed by atoms with van der Waals surface area (Å²) in [5, 5.41) is 8.77. The van der Waals surface area contributed by atoms with Crippen molar-refractivity contribution in [2.24, 2.45) is 5.73 Å². The standard InChI is InChI=1S/C40H73NO8/c1-3-5-7-9-11-19-25-34-47-37(43)28-21-15-13-17-23-31-40(41,49-39(45)30-27-33-46-36-42)32-24-18-14-16-22-29-38(44)48-35-26-20-12-10-8-6-4-2/h19-20,25-26,42H,3-18,21-24,27-36,41H2,1-2H3/b25-19+,26-20+. The molecular weight excluding hydrogens is 622 g/mol. The molecule has 0 amide bonds. The van der Waals surface area contributed by atoms with Crippen molar-refractivity contribution in [2.45, 2.75) is 187 Å². The molecule has 0 aromatic rings. The van der Waals surface area contributed by atoms with E-state index in [1.165, 1.54) is 51.4 Å². The minimum atomic E-state index is -1.02. The van der Waals surface area contributed by atoms with Crippen molar-refractivity contribution in [3.63, 3.8) is 0 Å². The van der Waals surface area contributed by atoms with Gasteiger partial charge in [-0.05, 0) is 57.8 Å². The van der Waals surface area contributed by atoms with Crippen molar-refractivity contribution in [1.82, 2.24) is 0 Å². The lowest BCUT2D eigenvalue weighted by Crippen LogP contribution is -2.44. The molecule has 0 heterocycles. The van der Waals surface area contributed by atoms with Crippen LogP contribution in [0, 0.1) is 0 Å². The van der Waals surface area contributed by atoms with Gasteiger partial charge in [-0.1, -0.05) is 115 Å². The van der Waals surface area contributed by atoms with Gasteiger partial charge in [0, 0.05) is 38.7 Å². The van der Waals surface area contributed by atoms with E-state index < -0.39 is 5.72 Å². The normalized spacial score (nSPS) is 11.8. The van der Waals surface area contributed by atoms with E-state index in [9.17, 15) is 14.4 Å². The Kier molecular flexibility index (Phi) is 34.0. The second-order valence-electron chi connectivity index (χ2n) is 13.2. The van der Waals surface area contributed by atoms with Crippen LogP contribution >= 0.6 is 0 Å². The Morgan fingerprint density at radius 3 is 1.45 bits per heavy atom. The number of allylic oxidation sites excluding steroid dienone is 2. The Morgan fingerprint density at radius 1 is 0.551 bits per heavy atom. The third kappa shape index (κ3) is 34.0. The first kappa shape index (κ1) is 46.8. The molecule has 0 radical (unpaired) electrons. The first-order valence-corrected chi connectivity index (χ1v) is 19.7. The summed E-state index contributed by atoms with van der Waals surface area (Å²) in [6.45, 7) is 5.03. The summed E-state index contributed by atoms with van der Waals surface area (Å²) < 4.78 is 21.3. The van der Waals surface area contributed by atoms with Gasteiger partial charge in [-0.2, -0.15) is 0 Å². The molecule has 0 aromatic heterocycles. The smallest absolute Gasteiger partial charge is 0.307 e. The zero-order valence-electron chi connectivity index (χ0n) is 31.4. The Morgan fingerprint density at radius 2 is 0.980 bits per heavy atom. The van der Waals surface area contributed by atoms with Crippen LogP contribution in [0.1, 0.15) is 181 Å². The second-order valence-corrected chi connectivity index (χ2v) is 13.2. The minimum absolute atomic E-state index is 0.149. The van der Waals surface area contributed by atoms with Gasteiger partial charge in [-0.3, -0.25) is 20.1 Å². The maximum Gasteiger partial charge on any atom is 0.307 e. The summed E-state index contributed by atoms with van der Waals surface area (Å²) in [6, 6.07) is 0. The lowest BCUT2D eigenvalue weighted by Gasteiger charge is -2.30. The summed E-state index contributed by atoms with van der Waals surface area (Å²) in [4.78, 5) is 36.5. The number of hydrogen-bond acceptors (Lipinski definition) is 9. The fourth-order valence-corrected chi connectivity index (χ4v) is 5.51. The fraction of sp³-hybridized carbons (Fsp3) is 0.825. The van der Waals surface area contributed by atoms with Gasteiger partial charge in [0.15, 0.2) is 5.72 Å². The predicted molar refractivity (Wildman–Crippen MR) is 198 cm³/mol. The van der Waals surface area contributed by atoms with E-state index in [4.69, 9.17) is 29.8 Å². The quantitative estimate of drug-likeness (QED) is 0.0216. The van der Waals surface area contributed by atoms with Crippen LogP contribution in [0.15, 0.2) is 24.3 Å². The Bertz CT molecular complexity index is 792. The highest BCUT2D eigenvalue weighted by Gasteiger charge is 2.28. The van der Waals surface area contributed by atoms with E-state index in [0.29, 0.717) is 45.3 Å². The highest BCUT2D eigenvalue weighted by molar-refractivity contribution is 5.70. The number of nitrogens with two attached hydrogens (primary N) is 1. The minimum Gasteiger partial charge on any atom is -0.461 e. The molecule has 0 fully saturated rings. The van der Waals surface area contributed by atoms with Gasteiger partial charge in [-0.15, -0.1) is 0 Å². The monoisotopic (exact) mass is 696 g/mol. The van der Waals surface area contributed by atoms with Crippen LogP contribution in [0.25, 0.3) is 0 Å². The van der Waals surface area contributed by atoms with Gasteiger partial charge in [0.2, 0.25) is 0 Å². The van der Waals surface area contributed by atoms with Gasteiger partial charge in [0.05, 0.1) is 0 Å². The zero-order valence-corrected chi connectivity index (χ0v) is 31.4. The topological polar surface area (TPSA) is 134 Å². The first-order valence-electron chi connectivity index (χ1n) is 19.7. The lowest BCUT2D eigenvalue weighted by atomic mass is 9.97. The summed E-state index contributed by atoms with van der Waals surface area (Å²) in [5.41, 5.74) is 5.62. The molecule has 0 aliphatic heterocycles. The van der Waals surface area contributed by atoms with E-state index >= 15 is 0 Å². The van der Waals surface area contributed by atoms with E-state index in [0.717, 1.165) is 77.0 Å². The first-order chi connectivity index (χ1) is 23.9. The Labute approximate surface area is 299 Å². The van der Waals surface area contributed by atoms with Crippen molar-refractivity contribution < 1.29 is 38.4 Å². The molecule has 0 rings (SSSR count). The van der Waals surface area contributed by atoms with Gasteiger partial charge in [0.25, 0.3) is 0 Å². The van der Waals surface area contributed by atoms with Gasteiger partial charge >= 0.3 is 17.9 Å². The molecular formula is C40H73NO8. The SMILES string of the molecule is CCCCCC/C=C/COC(=O)CCCCCCCC(N)(CCCCCCCC(=O)OC/C=C/CCCCCC)OC(=O)CCCOCO. The van der Waals surface area contributed by atoms with Crippen LogP contribution in [-0.2, 0) is 33.3 Å². The van der Waals surface area contributed by atoms with Crippen LogP contribution in [0.2, 0.25) is 0 Å². The molecule has 0 spiro atoms. The van der Waals surface area contributed by atoms with Crippen molar-refractivity contribution in [3.05, 3.63) is 24.3 Å². The van der Waals surface area contributed by atoms with Crippen LogP contribution in [0.4, 0.5) is 0 Å². The number of hydrogen-bond donors (Lipinski definition) is 2. The van der Waals surface area contributed by atoms with Gasteiger partial charge in [-0.25, -0.2) is 0 Å². The average Bonchev–Trinajstić information content (AvgIpc) is 3.08. The summed E-state index contributed by atoms with van der Waals surface area (Å²) in [6.07, 6.45) is 31.7. The summed E-state index contributed by atoms with van der Waals surface area (Å²) in [7, 11) is 0. The van der Waals surface area contributed by atoms with Crippen LogP contribution in [0.3, 0.4) is 0 Å². The molecule has 0 atom stereocenters. The largest absolute Gasteiger partial charge is 0.461 e. The van der Waals surface area contributed by atoms with E-state index in [2.05, 4.69) is 26.0 Å². The van der Waals surface area contributed by atoms with Crippen molar-refractivity contribution >= 4 is 17.9 Å². The molecule has 0 aliphatic carbocycles. The molecule has 286 valence electrons. The molecule has 9 nitrogen and oxygen atoms in total. The third-order valence-corrected chi connectivity index (χ3v) is 8.50. The number of esters is 3. The summed E-state index contributed by atoms with van der Waals surface area (Å²) >= 11 is 0. The summed E-state index contributed by atoms with van der Waals surface area (Å²) in [5.74, 6) is -0.646. The number of aliphatic hydroxyl groups is 1. The maximum absolute atomic E-state index is 12.5. The van der Waals surface area contributed by atoms with Crippen LogP contribution in [-0.4, -0.2) is 55.4 Å². The molecule has 49 heavy (non-hydrogen) atoms. The number of unbranched alkanes of at least 4 members (excludes halogenated alkanes) is 16. The molecule has 0 saturated carbocycles. The number of carbonyl (C=O) groups excluding carboxylic acids is 3. The van der Waals surface area contributed by atoms with Crippen molar-refractivity contribution in [3.8, 4) is 0 Å². The van der Waals surface area contributed by atoms with E-state index in [1.54, 1.807) is 0 Å². The molecule has 0 aliphatic rings. The Hall–Kier alpha value is -2.23. The van der Waals surface area contributed by atoms with E-state index in [1.807, 2.05) is 12.2 Å². The predicted octanol–water partition coefficient (Wildman–Crippen LogP) is 9.53. The average molecular weight is 696 g/mol. The number of aliphatic hydroxyl groups excluding tert-OH is 1. The van der Waals surface area contributed by atoms with Crippen molar-refractivity contribution in [2.75, 3.05) is 26.6 Å². The number of ether oxygens (including phenoxy) is 4. The lowest BCUT2D eigenvalue weighted by molar-refractivity contribution is -0.162. The molecule has 3 N–H and O–H groups in total. The molecule has 0 unspecified atom stereocenters.